The maximum Gasteiger partial charge on any atom is 0.320 e. The van der Waals surface area contributed by atoms with Crippen LogP contribution in [0.15, 0.2) is 48.5 Å². The van der Waals surface area contributed by atoms with E-state index in [2.05, 4.69) is 10.6 Å². The lowest BCUT2D eigenvalue weighted by molar-refractivity contribution is 0.226. The monoisotopic (exact) mass is 340 g/mol. The van der Waals surface area contributed by atoms with Crippen LogP contribution in [-0.2, 0) is 5.54 Å². The first-order chi connectivity index (χ1) is 10.4. The van der Waals surface area contributed by atoms with Crippen LogP contribution in [0.3, 0.4) is 0 Å². The predicted octanol–water partition coefficient (Wildman–Crippen LogP) is 5.00. The third kappa shape index (κ3) is 4.12. The lowest BCUT2D eigenvalue weighted by atomic mass is 9.93. The first-order valence-corrected chi connectivity index (χ1v) is 7.35. The first kappa shape index (κ1) is 16.6. The molecule has 0 saturated carbocycles. The molecule has 0 aromatic heterocycles. The van der Waals surface area contributed by atoms with Crippen molar-refractivity contribution in [3.63, 3.8) is 0 Å². The number of alkyl halides is 1. The molecule has 22 heavy (non-hydrogen) atoms. The molecule has 0 radical (unpaired) electrons. The van der Waals surface area contributed by atoms with E-state index in [-0.39, 0.29) is 0 Å². The summed E-state index contributed by atoms with van der Waals surface area (Å²) in [7, 11) is 0. The van der Waals surface area contributed by atoms with Gasteiger partial charge in [0.2, 0.25) is 0 Å². The van der Waals surface area contributed by atoms with Gasteiger partial charge in [-0.25, -0.2) is 9.18 Å². The third-order valence-corrected chi connectivity index (χ3v) is 3.62. The fraction of sp³-hybridized carbons (Fsp3) is 0.188. The van der Waals surface area contributed by atoms with Gasteiger partial charge in [-0.05, 0) is 42.8 Å². The molecule has 2 N–H and O–H groups in total. The summed E-state index contributed by atoms with van der Waals surface area (Å²) in [6, 6.07) is 13.1. The first-order valence-electron chi connectivity index (χ1n) is 6.60. The van der Waals surface area contributed by atoms with Gasteiger partial charge < -0.3 is 10.6 Å². The van der Waals surface area contributed by atoms with Gasteiger partial charge in [-0.3, -0.25) is 0 Å². The molecule has 1 atom stereocenters. The van der Waals surface area contributed by atoms with E-state index < -0.39 is 18.2 Å². The van der Waals surface area contributed by atoms with Crippen LogP contribution in [0, 0.1) is 0 Å². The summed E-state index contributed by atoms with van der Waals surface area (Å²) < 4.78 is 13.6. The van der Waals surface area contributed by atoms with E-state index in [0.29, 0.717) is 21.3 Å². The summed E-state index contributed by atoms with van der Waals surface area (Å²) in [5.74, 6) is 0. The van der Waals surface area contributed by atoms with Crippen molar-refractivity contribution in [1.29, 1.82) is 0 Å². The van der Waals surface area contributed by atoms with E-state index in [1.165, 1.54) is 0 Å². The molecule has 6 heteroatoms. The van der Waals surface area contributed by atoms with Gasteiger partial charge in [-0.1, -0.05) is 41.4 Å². The molecule has 0 aliphatic carbocycles. The quantitative estimate of drug-likeness (QED) is 0.807. The fourth-order valence-corrected chi connectivity index (χ4v) is 2.52. The Kier molecular flexibility index (Phi) is 5.27. The third-order valence-electron chi connectivity index (χ3n) is 3.19. The topological polar surface area (TPSA) is 41.1 Å². The smallest absolute Gasteiger partial charge is 0.320 e. The zero-order valence-corrected chi connectivity index (χ0v) is 13.4. The summed E-state index contributed by atoms with van der Waals surface area (Å²) in [6.45, 7) is 0.769. The molecule has 0 heterocycles. The van der Waals surface area contributed by atoms with Crippen LogP contribution < -0.4 is 10.6 Å². The highest BCUT2D eigenvalue weighted by atomic mass is 35.5. The summed E-state index contributed by atoms with van der Waals surface area (Å²) >= 11 is 11.9. The SMILES string of the molecule is CC(CF)(NC(=O)Nc1ccccc1)c1cc(Cl)cc(Cl)c1. The highest BCUT2D eigenvalue weighted by Crippen LogP contribution is 2.28. The van der Waals surface area contributed by atoms with E-state index in [4.69, 9.17) is 23.2 Å². The Labute approximate surface area is 138 Å². The second-order valence-corrected chi connectivity index (χ2v) is 5.94. The van der Waals surface area contributed by atoms with Crippen LogP contribution in [-0.4, -0.2) is 12.7 Å². The molecule has 2 aromatic carbocycles. The Morgan fingerprint density at radius 3 is 2.27 bits per heavy atom. The zero-order chi connectivity index (χ0) is 16.2. The molecule has 0 aliphatic rings. The summed E-state index contributed by atoms with van der Waals surface area (Å²) in [6.07, 6.45) is 0. The van der Waals surface area contributed by atoms with Crippen LogP contribution >= 0.6 is 23.2 Å². The number of urea groups is 1. The van der Waals surface area contributed by atoms with Gasteiger partial charge in [0.05, 0.1) is 5.54 Å². The summed E-state index contributed by atoms with van der Waals surface area (Å²) in [4.78, 5) is 12.1. The molecular weight excluding hydrogens is 326 g/mol. The Balaban J connectivity index is 2.18. The maximum absolute atomic E-state index is 13.6. The number of amides is 2. The van der Waals surface area contributed by atoms with Crippen molar-refractivity contribution in [3.05, 3.63) is 64.1 Å². The lowest BCUT2D eigenvalue weighted by Gasteiger charge is -2.28. The van der Waals surface area contributed by atoms with Crippen LogP contribution in [0.2, 0.25) is 10.0 Å². The Morgan fingerprint density at radius 2 is 1.73 bits per heavy atom. The number of anilines is 1. The molecule has 2 amide bonds. The molecule has 0 aliphatic heterocycles. The second kappa shape index (κ2) is 6.99. The predicted molar refractivity (Wildman–Crippen MR) is 88.4 cm³/mol. The zero-order valence-electron chi connectivity index (χ0n) is 11.9. The average molecular weight is 341 g/mol. The van der Waals surface area contributed by atoms with Crippen molar-refractivity contribution in [3.8, 4) is 0 Å². The largest absolute Gasteiger partial charge is 0.326 e. The molecule has 1 unspecified atom stereocenters. The summed E-state index contributed by atoms with van der Waals surface area (Å²) in [5.41, 5.74) is -0.117. The number of nitrogens with one attached hydrogen (secondary N) is 2. The van der Waals surface area contributed by atoms with Crippen LogP contribution in [0.5, 0.6) is 0 Å². The number of halogens is 3. The van der Waals surface area contributed by atoms with Crippen LogP contribution in [0.25, 0.3) is 0 Å². The minimum Gasteiger partial charge on any atom is -0.326 e. The number of carbonyl (C=O) groups is 1. The fourth-order valence-electron chi connectivity index (χ4n) is 1.99. The van der Waals surface area contributed by atoms with Gasteiger partial charge in [-0.15, -0.1) is 0 Å². The van der Waals surface area contributed by atoms with Crippen molar-refractivity contribution in [1.82, 2.24) is 5.32 Å². The maximum atomic E-state index is 13.6. The van der Waals surface area contributed by atoms with Gasteiger partial charge in [0.25, 0.3) is 0 Å². The van der Waals surface area contributed by atoms with Crippen molar-refractivity contribution >= 4 is 34.9 Å². The second-order valence-electron chi connectivity index (χ2n) is 5.07. The number of rotatable bonds is 4. The van der Waals surface area contributed by atoms with Gasteiger partial charge >= 0.3 is 6.03 Å². The molecule has 0 spiro atoms. The van der Waals surface area contributed by atoms with Crippen LogP contribution in [0.1, 0.15) is 12.5 Å². The average Bonchev–Trinajstić information content (AvgIpc) is 2.47. The van der Waals surface area contributed by atoms with E-state index in [9.17, 15) is 9.18 Å². The van der Waals surface area contributed by atoms with Crippen molar-refractivity contribution in [2.45, 2.75) is 12.5 Å². The Bertz CT molecular complexity index is 646. The Morgan fingerprint density at radius 1 is 1.14 bits per heavy atom. The molecule has 0 saturated heterocycles. The van der Waals surface area contributed by atoms with Gasteiger partial charge in [0, 0.05) is 15.7 Å². The van der Waals surface area contributed by atoms with Crippen molar-refractivity contribution in [2.24, 2.45) is 0 Å². The number of hydrogen-bond acceptors (Lipinski definition) is 1. The van der Waals surface area contributed by atoms with E-state index >= 15 is 0 Å². The molecule has 3 nitrogen and oxygen atoms in total. The van der Waals surface area contributed by atoms with Crippen LogP contribution in [0.4, 0.5) is 14.9 Å². The number of benzene rings is 2. The van der Waals surface area contributed by atoms with E-state index in [1.54, 1.807) is 49.4 Å². The molecule has 0 fully saturated rings. The lowest BCUT2D eigenvalue weighted by Crippen LogP contribution is -2.47. The minimum atomic E-state index is -1.23. The number of carbonyl (C=O) groups excluding carboxylic acids is 1. The standard InChI is InChI=1S/C16H15Cl2FN2O/c1-16(10-19,11-7-12(17)9-13(18)8-11)21-15(22)20-14-5-3-2-4-6-14/h2-9H,10H2,1H3,(H2,20,21,22). The number of hydrogen-bond donors (Lipinski definition) is 2. The van der Waals surface area contributed by atoms with Gasteiger partial charge in [-0.2, -0.15) is 0 Å². The molecule has 2 rings (SSSR count). The molecule has 2 aromatic rings. The normalized spacial score (nSPS) is 13.3. The van der Waals surface area contributed by atoms with E-state index in [0.717, 1.165) is 0 Å². The highest BCUT2D eigenvalue weighted by Gasteiger charge is 2.29. The minimum absolute atomic E-state index is 0.382. The van der Waals surface area contributed by atoms with Gasteiger partial charge in [0.15, 0.2) is 0 Å². The number of para-hydroxylation sites is 1. The van der Waals surface area contributed by atoms with Crippen molar-refractivity contribution in [2.75, 3.05) is 12.0 Å². The molecular formula is C16H15Cl2FN2O. The summed E-state index contributed by atoms with van der Waals surface area (Å²) in [5, 5.41) is 6.03. The Hall–Kier alpha value is -1.78. The molecule has 0 bridgehead atoms. The van der Waals surface area contributed by atoms with Crippen molar-refractivity contribution < 1.29 is 9.18 Å². The van der Waals surface area contributed by atoms with E-state index in [1.807, 2.05) is 6.07 Å². The van der Waals surface area contributed by atoms with Gasteiger partial charge in [0.1, 0.15) is 6.67 Å². The highest BCUT2D eigenvalue weighted by molar-refractivity contribution is 6.34. The molecule has 116 valence electrons.